The maximum Gasteiger partial charge on any atom is 0.0501 e. The molecule has 0 rings (SSSR count). The fourth-order valence-electron chi connectivity index (χ4n) is 0.223. The summed E-state index contributed by atoms with van der Waals surface area (Å²) in [6.07, 6.45) is 2.65. The number of nitrogens with zero attached hydrogens (tertiary/aromatic N) is 2. The van der Waals surface area contributed by atoms with E-state index >= 15 is 0 Å². The molecule has 0 aliphatic rings. The molecule has 2 N–H and O–H groups in total. The zero-order valence-corrected chi connectivity index (χ0v) is 5.26. The van der Waals surface area contributed by atoms with Crippen LogP contribution in [0.15, 0.2) is 22.1 Å². The molecule has 0 aromatic heterocycles. The third-order valence-corrected chi connectivity index (χ3v) is 0.902. The Labute approximate surface area is 49.3 Å². The molecule has 0 spiro atoms. The molecule has 0 bridgehead atoms. The first-order valence-electron chi connectivity index (χ1n) is 2.57. The molecule has 0 radical (unpaired) electrons. The lowest BCUT2D eigenvalue weighted by molar-refractivity contribution is 1.01. The highest BCUT2D eigenvalue weighted by Crippen LogP contribution is 1.96. The number of allylic oxidation sites excluding steroid dienone is 1. The van der Waals surface area contributed by atoms with E-state index in [-0.39, 0.29) is 0 Å². The number of hydrogen-bond acceptors (Lipinski definition) is 2. The second-order valence-electron chi connectivity index (χ2n) is 1.56. The molecular weight excluding hydrogens is 102 g/mol. The lowest BCUT2D eigenvalue weighted by atomic mass is 10.3. The summed E-state index contributed by atoms with van der Waals surface area (Å²) in [5.41, 5.74) is 1.18. The summed E-state index contributed by atoms with van der Waals surface area (Å²) in [7, 11) is 0. The first kappa shape index (κ1) is 7.14. The molecule has 0 aliphatic carbocycles. The van der Waals surface area contributed by atoms with Gasteiger partial charge in [0.1, 0.15) is 0 Å². The van der Waals surface area contributed by atoms with Crippen LogP contribution < -0.4 is 5.84 Å². The Hall–Kier alpha value is -0.860. The highest BCUT2D eigenvalue weighted by Gasteiger charge is 1.77. The highest BCUT2D eigenvalue weighted by atomic mass is 15.3. The van der Waals surface area contributed by atoms with Crippen LogP contribution in [0.2, 0.25) is 0 Å². The van der Waals surface area contributed by atoms with Crippen LogP contribution in [0.25, 0.3) is 0 Å². The molecule has 0 aliphatic heterocycles. The van der Waals surface area contributed by atoms with Gasteiger partial charge in [0.25, 0.3) is 0 Å². The molecule has 8 heavy (non-hydrogen) atoms. The normalized spacial score (nSPS) is 13.0. The van der Waals surface area contributed by atoms with E-state index in [1.165, 1.54) is 5.57 Å². The van der Waals surface area contributed by atoms with Crippen LogP contribution in [-0.2, 0) is 0 Å². The van der Waals surface area contributed by atoms with Gasteiger partial charge in [0.2, 0.25) is 0 Å². The van der Waals surface area contributed by atoms with Crippen LogP contribution in [0.5, 0.6) is 0 Å². The van der Waals surface area contributed by atoms with E-state index in [1.807, 2.05) is 6.92 Å². The van der Waals surface area contributed by atoms with E-state index in [1.54, 1.807) is 6.20 Å². The van der Waals surface area contributed by atoms with Crippen molar-refractivity contribution in [1.29, 1.82) is 0 Å². The van der Waals surface area contributed by atoms with Crippen molar-refractivity contribution in [2.75, 3.05) is 0 Å². The lowest BCUT2D eigenvalue weighted by Crippen LogP contribution is -1.73. The van der Waals surface area contributed by atoms with E-state index in [4.69, 9.17) is 5.84 Å². The van der Waals surface area contributed by atoms with Crippen LogP contribution in [0, 0.1) is 0 Å². The minimum absolute atomic E-state index is 0.999. The van der Waals surface area contributed by atoms with Gasteiger partial charge in [-0.2, -0.15) is 0 Å². The summed E-state index contributed by atoms with van der Waals surface area (Å²) in [4.78, 5) is 0. The topological polar surface area (TPSA) is 50.7 Å². The summed E-state index contributed by atoms with van der Waals surface area (Å²) in [5, 5.41) is 6.56. The van der Waals surface area contributed by atoms with Crippen molar-refractivity contribution >= 4 is 0 Å². The quantitative estimate of drug-likeness (QED) is 0.330. The van der Waals surface area contributed by atoms with Gasteiger partial charge in [0.15, 0.2) is 0 Å². The highest BCUT2D eigenvalue weighted by molar-refractivity contribution is 4.93. The van der Waals surface area contributed by atoms with Crippen molar-refractivity contribution in [3.63, 3.8) is 0 Å². The predicted molar refractivity (Wildman–Crippen MR) is 33.1 cm³/mol. The minimum atomic E-state index is 0.999. The predicted octanol–water partition coefficient (Wildman–Crippen LogP) is 1.63. The van der Waals surface area contributed by atoms with Gasteiger partial charge in [-0.1, -0.05) is 17.7 Å². The van der Waals surface area contributed by atoms with E-state index < -0.39 is 0 Å². The van der Waals surface area contributed by atoms with E-state index in [2.05, 4.69) is 17.3 Å². The van der Waals surface area contributed by atoms with Crippen molar-refractivity contribution in [3.8, 4) is 0 Å². The van der Waals surface area contributed by atoms with Crippen LogP contribution in [0.1, 0.15) is 20.3 Å². The van der Waals surface area contributed by atoms with Crippen molar-refractivity contribution in [1.82, 2.24) is 0 Å². The van der Waals surface area contributed by atoms with E-state index in [0.29, 0.717) is 0 Å². The summed E-state index contributed by atoms with van der Waals surface area (Å²) in [5.74, 6) is 4.75. The molecule has 46 valence electrons. The van der Waals surface area contributed by atoms with Crippen molar-refractivity contribution in [3.05, 3.63) is 11.8 Å². The van der Waals surface area contributed by atoms with Gasteiger partial charge in [-0.15, -0.1) is 5.11 Å². The fourth-order valence-corrected chi connectivity index (χ4v) is 0.223. The summed E-state index contributed by atoms with van der Waals surface area (Å²) >= 11 is 0. The Morgan fingerprint density at radius 1 is 1.75 bits per heavy atom. The Morgan fingerprint density at radius 2 is 2.38 bits per heavy atom. The van der Waals surface area contributed by atoms with Crippen molar-refractivity contribution in [2.24, 2.45) is 16.2 Å². The third-order valence-electron chi connectivity index (χ3n) is 0.902. The molecule has 0 aromatic carbocycles. The van der Waals surface area contributed by atoms with Crippen LogP contribution in [0.3, 0.4) is 0 Å². The zero-order valence-electron chi connectivity index (χ0n) is 5.26. The SMILES string of the molecule is CC/C(C)=C/N=N\N. The summed E-state index contributed by atoms with van der Waals surface area (Å²) in [6, 6.07) is 0. The van der Waals surface area contributed by atoms with Gasteiger partial charge >= 0.3 is 0 Å². The molecular formula is C5H11N3. The van der Waals surface area contributed by atoms with Crippen molar-refractivity contribution < 1.29 is 0 Å². The van der Waals surface area contributed by atoms with Gasteiger partial charge in [-0.05, 0) is 13.3 Å². The standard InChI is InChI=1S/C5H11N3/c1-3-5(2)4-7-8-6/h4H,3H2,1-2H3,(H2,6,7)/b5-4+. The number of rotatable bonds is 2. The molecule has 0 amide bonds. The van der Waals surface area contributed by atoms with Gasteiger partial charge in [-0.25, -0.2) is 0 Å². The molecule has 3 nitrogen and oxygen atoms in total. The number of hydrogen-bond donors (Lipinski definition) is 1. The molecule has 0 fully saturated rings. The largest absolute Gasteiger partial charge is 0.305 e. The summed E-state index contributed by atoms with van der Waals surface area (Å²) < 4.78 is 0. The molecule has 3 heteroatoms. The van der Waals surface area contributed by atoms with Crippen LogP contribution in [-0.4, -0.2) is 0 Å². The number of nitrogens with two attached hydrogens (primary N) is 1. The maximum absolute atomic E-state index is 4.75. The van der Waals surface area contributed by atoms with Crippen LogP contribution in [0.4, 0.5) is 0 Å². The molecule has 0 atom stereocenters. The van der Waals surface area contributed by atoms with E-state index in [0.717, 1.165) is 6.42 Å². The summed E-state index contributed by atoms with van der Waals surface area (Å²) in [6.45, 7) is 4.03. The van der Waals surface area contributed by atoms with Gasteiger partial charge < -0.3 is 5.84 Å². The fraction of sp³-hybridized carbons (Fsp3) is 0.600. The average Bonchev–Trinajstić information content (AvgIpc) is 1.83. The van der Waals surface area contributed by atoms with Gasteiger partial charge in [-0.3, -0.25) is 0 Å². The molecule has 0 saturated carbocycles. The molecule has 0 aromatic rings. The van der Waals surface area contributed by atoms with Gasteiger partial charge in [0.05, 0.1) is 6.20 Å². The molecule has 0 saturated heterocycles. The monoisotopic (exact) mass is 113 g/mol. The van der Waals surface area contributed by atoms with Crippen LogP contribution >= 0.6 is 0 Å². The van der Waals surface area contributed by atoms with Gasteiger partial charge in [0, 0.05) is 0 Å². The Balaban J connectivity index is 3.57. The van der Waals surface area contributed by atoms with Crippen molar-refractivity contribution in [2.45, 2.75) is 20.3 Å². The van der Waals surface area contributed by atoms with E-state index in [9.17, 15) is 0 Å². The molecule has 0 heterocycles. The maximum atomic E-state index is 4.75. The molecule has 0 unspecified atom stereocenters. The Bertz CT molecular complexity index is 104. The first-order chi connectivity index (χ1) is 3.81. The zero-order chi connectivity index (χ0) is 6.41. The Morgan fingerprint density at radius 3 is 2.75 bits per heavy atom. The third kappa shape index (κ3) is 3.33. The second kappa shape index (κ2) is 4.30. The smallest absolute Gasteiger partial charge is 0.0501 e. The lowest BCUT2D eigenvalue weighted by Gasteiger charge is -1.85. The minimum Gasteiger partial charge on any atom is -0.305 e. The Kier molecular flexibility index (Phi) is 3.84. The average molecular weight is 113 g/mol. The first-order valence-corrected chi connectivity index (χ1v) is 2.57. The second-order valence-corrected chi connectivity index (χ2v) is 1.56.